The van der Waals surface area contributed by atoms with Gasteiger partial charge in [0.05, 0.1) is 10.5 Å². The van der Waals surface area contributed by atoms with E-state index in [0.717, 1.165) is 28.3 Å². The number of thioether (sulfide) groups is 1. The molecule has 13 heteroatoms. The van der Waals surface area contributed by atoms with E-state index in [1.54, 1.807) is 30.5 Å². The predicted molar refractivity (Wildman–Crippen MR) is 124 cm³/mol. The summed E-state index contributed by atoms with van der Waals surface area (Å²) in [7, 11) is 2.77. The fourth-order valence-electron chi connectivity index (χ4n) is 2.96. The summed E-state index contributed by atoms with van der Waals surface area (Å²) in [4.78, 5) is 32.7. The van der Waals surface area contributed by atoms with Crippen molar-refractivity contribution in [3.63, 3.8) is 0 Å². The van der Waals surface area contributed by atoms with E-state index in [-0.39, 0.29) is 23.1 Å². The number of halogens is 3. The van der Waals surface area contributed by atoms with Gasteiger partial charge in [-0.15, -0.1) is 0 Å². The van der Waals surface area contributed by atoms with Gasteiger partial charge >= 0.3 is 17.7 Å². The van der Waals surface area contributed by atoms with Crippen molar-refractivity contribution in [1.29, 1.82) is 0 Å². The zero-order valence-electron chi connectivity index (χ0n) is 18.8. The number of alkyl halides is 3. The molecule has 0 saturated carbocycles. The molecule has 2 aromatic carbocycles. The quantitative estimate of drug-likeness (QED) is 0.191. The highest BCUT2D eigenvalue weighted by Crippen LogP contribution is 2.39. The molecular weight excluding hydrogens is 487 g/mol. The summed E-state index contributed by atoms with van der Waals surface area (Å²) in [6.07, 6.45) is -3.16. The van der Waals surface area contributed by atoms with Gasteiger partial charge in [0.2, 0.25) is 5.82 Å². The number of hydrogen-bond acceptors (Lipinski definition) is 8. The molecule has 0 spiro atoms. The van der Waals surface area contributed by atoms with Crippen LogP contribution < -0.4 is 10.1 Å². The van der Waals surface area contributed by atoms with Crippen molar-refractivity contribution in [2.45, 2.75) is 17.9 Å². The lowest BCUT2D eigenvalue weighted by atomic mass is 10.1. The third kappa shape index (κ3) is 6.38. The second kappa shape index (κ2) is 10.6. The van der Waals surface area contributed by atoms with Crippen LogP contribution in [0.2, 0.25) is 0 Å². The van der Waals surface area contributed by atoms with Crippen molar-refractivity contribution >= 4 is 29.2 Å². The molecule has 1 aromatic heterocycles. The molecule has 0 atom stereocenters. The Morgan fingerprint density at radius 3 is 2.43 bits per heavy atom. The Morgan fingerprint density at radius 2 is 1.86 bits per heavy atom. The van der Waals surface area contributed by atoms with Crippen LogP contribution in [-0.4, -0.2) is 46.0 Å². The summed E-state index contributed by atoms with van der Waals surface area (Å²) in [5, 5.41) is 14.9. The summed E-state index contributed by atoms with van der Waals surface area (Å²) in [6, 6.07) is 11.4. The van der Waals surface area contributed by atoms with Crippen LogP contribution in [0.3, 0.4) is 0 Å². The maximum absolute atomic E-state index is 13.5. The lowest BCUT2D eigenvalue weighted by molar-refractivity contribution is -0.385. The van der Waals surface area contributed by atoms with Gasteiger partial charge in [-0.25, -0.2) is 0 Å². The molecule has 1 heterocycles. The lowest BCUT2D eigenvalue weighted by Gasteiger charge is -2.16. The van der Waals surface area contributed by atoms with Crippen LogP contribution in [0.4, 0.5) is 24.7 Å². The van der Waals surface area contributed by atoms with E-state index in [2.05, 4.69) is 15.3 Å². The van der Waals surface area contributed by atoms with Crippen LogP contribution in [-0.2, 0) is 12.7 Å². The third-order valence-corrected chi connectivity index (χ3v) is 5.15. The first-order valence-electron chi connectivity index (χ1n) is 9.99. The van der Waals surface area contributed by atoms with Gasteiger partial charge in [-0.05, 0) is 30.0 Å². The molecule has 0 unspecified atom stereocenters. The van der Waals surface area contributed by atoms with E-state index in [1.165, 1.54) is 14.1 Å². The van der Waals surface area contributed by atoms with E-state index < -0.39 is 39.9 Å². The number of hydrogen-bond donors (Lipinski definition) is 1. The lowest BCUT2D eigenvalue weighted by Crippen LogP contribution is -2.22. The number of rotatable bonds is 8. The van der Waals surface area contributed by atoms with E-state index in [4.69, 9.17) is 4.74 Å². The maximum Gasteiger partial charge on any atom is 0.416 e. The van der Waals surface area contributed by atoms with Crippen LogP contribution in [0.15, 0.2) is 53.7 Å². The molecule has 35 heavy (non-hydrogen) atoms. The fourth-order valence-corrected chi connectivity index (χ4v) is 3.32. The van der Waals surface area contributed by atoms with Crippen molar-refractivity contribution in [2.75, 3.05) is 25.7 Å². The number of carbonyl (C=O) groups excluding carboxylic acids is 1. The molecular formula is C22H20F3N5O4S. The van der Waals surface area contributed by atoms with Gasteiger partial charge in [0.15, 0.2) is 5.16 Å². The van der Waals surface area contributed by atoms with Crippen LogP contribution in [0.1, 0.15) is 21.5 Å². The highest BCUT2D eigenvalue weighted by Gasteiger charge is 2.33. The van der Waals surface area contributed by atoms with Crippen molar-refractivity contribution in [1.82, 2.24) is 14.9 Å². The second-order valence-electron chi connectivity index (χ2n) is 7.35. The molecule has 1 N–H and O–H groups in total. The van der Waals surface area contributed by atoms with E-state index in [0.29, 0.717) is 12.1 Å². The number of aromatic nitrogens is 2. The Kier molecular flexibility index (Phi) is 7.79. The van der Waals surface area contributed by atoms with Gasteiger partial charge in [0.1, 0.15) is 5.75 Å². The summed E-state index contributed by atoms with van der Waals surface area (Å²) in [5.41, 5.74) is -1.29. The Balaban J connectivity index is 2.08. The number of anilines is 1. The van der Waals surface area contributed by atoms with Crippen LogP contribution in [0.5, 0.6) is 11.6 Å². The fraction of sp³-hybridized carbons (Fsp3) is 0.227. The topological polar surface area (TPSA) is 110 Å². The molecule has 0 aliphatic heterocycles. The van der Waals surface area contributed by atoms with Gasteiger partial charge in [-0.3, -0.25) is 14.9 Å². The van der Waals surface area contributed by atoms with Crippen molar-refractivity contribution in [3.05, 3.63) is 75.3 Å². The Morgan fingerprint density at radius 1 is 1.17 bits per heavy atom. The summed E-state index contributed by atoms with van der Waals surface area (Å²) >= 11 is 1.06. The average Bonchev–Trinajstić information content (AvgIpc) is 2.81. The molecule has 184 valence electrons. The highest BCUT2D eigenvalue weighted by molar-refractivity contribution is 7.98. The van der Waals surface area contributed by atoms with Crippen molar-refractivity contribution in [3.8, 4) is 11.6 Å². The molecule has 1 amide bonds. The maximum atomic E-state index is 13.5. The minimum absolute atomic E-state index is 0.0951. The largest absolute Gasteiger partial charge is 0.433 e. The Labute approximate surface area is 202 Å². The summed E-state index contributed by atoms with van der Waals surface area (Å²) < 4.78 is 45.9. The minimum Gasteiger partial charge on any atom is -0.433 e. The normalized spacial score (nSPS) is 11.1. The number of ether oxygens (including phenoxy) is 1. The van der Waals surface area contributed by atoms with Gasteiger partial charge < -0.3 is 15.0 Å². The smallest absolute Gasteiger partial charge is 0.416 e. The minimum atomic E-state index is -4.79. The van der Waals surface area contributed by atoms with Crippen molar-refractivity contribution < 1.29 is 27.6 Å². The van der Waals surface area contributed by atoms with Gasteiger partial charge in [-0.2, -0.15) is 23.1 Å². The zero-order valence-corrected chi connectivity index (χ0v) is 19.6. The molecule has 3 rings (SSSR count). The summed E-state index contributed by atoms with van der Waals surface area (Å²) in [6.45, 7) is 0.191. The highest BCUT2D eigenvalue weighted by atomic mass is 32.2. The number of benzene rings is 2. The average molecular weight is 507 g/mol. The van der Waals surface area contributed by atoms with Crippen LogP contribution in [0, 0.1) is 10.1 Å². The molecule has 0 radical (unpaired) electrons. The molecule has 0 aliphatic rings. The van der Waals surface area contributed by atoms with Crippen LogP contribution in [0.25, 0.3) is 0 Å². The molecule has 0 fully saturated rings. The Hall–Kier alpha value is -3.87. The standard InChI is InChI=1S/C22H20F3N5O4S/c1-29(2)20(31)14-9-15(22(23,24)25)11-16(10-14)34-19-17(30(32)33)18(27-21(28-19)35-3)26-12-13-7-5-4-6-8-13/h4-11H,12H2,1-3H3,(H,26,27,28). The number of nitro groups is 1. The molecule has 9 nitrogen and oxygen atoms in total. The summed E-state index contributed by atoms with van der Waals surface area (Å²) in [5.74, 6) is -1.86. The molecule has 0 bridgehead atoms. The zero-order chi connectivity index (χ0) is 25.8. The second-order valence-corrected chi connectivity index (χ2v) is 8.13. The van der Waals surface area contributed by atoms with E-state index in [9.17, 15) is 28.1 Å². The predicted octanol–water partition coefficient (Wildman–Crippen LogP) is 5.23. The first-order chi connectivity index (χ1) is 16.5. The molecule has 3 aromatic rings. The number of amides is 1. The molecule has 0 aliphatic carbocycles. The number of nitrogens with zero attached hydrogens (tertiary/aromatic N) is 4. The first kappa shape index (κ1) is 25.7. The van der Waals surface area contributed by atoms with Crippen molar-refractivity contribution in [2.24, 2.45) is 0 Å². The SMILES string of the molecule is CSc1nc(NCc2ccccc2)c([N+](=O)[O-])c(Oc2cc(C(=O)N(C)C)cc(C(F)(F)F)c2)n1. The van der Waals surface area contributed by atoms with Crippen LogP contribution >= 0.6 is 11.8 Å². The van der Waals surface area contributed by atoms with Gasteiger partial charge in [0.25, 0.3) is 5.91 Å². The monoisotopic (exact) mass is 507 g/mol. The Bertz CT molecular complexity index is 1240. The number of nitrogens with one attached hydrogen (secondary N) is 1. The van der Waals surface area contributed by atoms with Gasteiger partial charge in [-0.1, -0.05) is 42.1 Å². The first-order valence-corrected chi connectivity index (χ1v) is 11.2. The third-order valence-electron chi connectivity index (χ3n) is 4.60. The number of carbonyl (C=O) groups is 1. The van der Waals surface area contributed by atoms with E-state index in [1.807, 2.05) is 6.07 Å². The van der Waals surface area contributed by atoms with Gasteiger partial charge in [0, 0.05) is 26.2 Å². The van der Waals surface area contributed by atoms with E-state index >= 15 is 0 Å². The molecule has 0 saturated heterocycles.